The predicted molar refractivity (Wildman–Crippen MR) is 86.5 cm³/mol. The van der Waals surface area contributed by atoms with Crippen LogP contribution in [0.4, 0.5) is 0 Å². The van der Waals surface area contributed by atoms with Gasteiger partial charge in [0.15, 0.2) is 5.82 Å². The van der Waals surface area contributed by atoms with Gasteiger partial charge in [0.1, 0.15) is 12.7 Å². The fourth-order valence-corrected chi connectivity index (χ4v) is 3.70. The van der Waals surface area contributed by atoms with Crippen molar-refractivity contribution in [2.24, 2.45) is 0 Å². The number of carbonyl (C=O) groups excluding carboxylic acids is 1. The molecule has 1 saturated heterocycles. The second-order valence-electron chi connectivity index (χ2n) is 5.46. The van der Waals surface area contributed by atoms with Crippen molar-refractivity contribution < 1.29 is 4.79 Å². The SMILES string of the molecule is O=C(c1ccnc(-n2cncn2)c1)N1CCC[C@H]1c1ccsc1. The maximum Gasteiger partial charge on any atom is 0.254 e. The van der Waals surface area contributed by atoms with Gasteiger partial charge in [-0.15, -0.1) is 0 Å². The minimum absolute atomic E-state index is 0.0439. The highest BCUT2D eigenvalue weighted by molar-refractivity contribution is 7.08. The second kappa shape index (κ2) is 5.92. The van der Waals surface area contributed by atoms with E-state index in [0.717, 1.165) is 19.4 Å². The first kappa shape index (κ1) is 14.1. The molecular formula is C16H15N5OS. The zero-order valence-corrected chi connectivity index (χ0v) is 13.2. The molecular weight excluding hydrogens is 310 g/mol. The molecule has 4 heterocycles. The van der Waals surface area contributed by atoms with Crippen LogP contribution in [0.3, 0.4) is 0 Å². The average molecular weight is 325 g/mol. The van der Waals surface area contributed by atoms with Crippen LogP contribution in [0.15, 0.2) is 47.8 Å². The molecule has 4 rings (SSSR count). The fraction of sp³-hybridized carbons (Fsp3) is 0.250. The minimum Gasteiger partial charge on any atom is -0.332 e. The molecule has 3 aromatic heterocycles. The van der Waals surface area contributed by atoms with Crippen LogP contribution in [0.25, 0.3) is 5.82 Å². The maximum absolute atomic E-state index is 12.9. The van der Waals surface area contributed by atoms with Crippen LogP contribution in [0, 0.1) is 0 Å². The molecule has 7 heteroatoms. The van der Waals surface area contributed by atoms with Gasteiger partial charge in [0.2, 0.25) is 0 Å². The monoisotopic (exact) mass is 325 g/mol. The van der Waals surface area contributed by atoms with E-state index in [9.17, 15) is 4.79 Å². The molecule has 0 saturated carbocycles. The lowest BCUT2D eigenvalue weighted by molar-refractivity contribution is 0.0735. The van der Waals surface area contributed by atoms with E-state index in [1.807, 2.05) is 4.90 Å². The Morgan fingerprint density at radius 1 is 1.35 bits per heavy atom. The van der Waals surface area contributed by atoms with Gasteiger partial charge in [-0.05, 0) is 47.4 Å². The Morgan fingerprint density at radius 2 is 2.30 bits per heavy atom. The quantitative estimate of drug-likeness (QED) is 0.743. The summed E-state index contributed by atoms with van der Waals surface area (Å²) in [5.41, 5.74) is 1.86. The number of nitrogens with zero attached hydrogens (tertiary/aromatic N) is 5. The van der Waals surface area contributed by atoms with E-state index in [0.29, 0.717) is 11.4 Å². The Bertz CT molecular complexity index is 800. The lowest BCUT2D eigenvalue weighted by atomic mass is 10.1. The topological polar surface area (TPSA) is 63.9 Å². The number of thiophene rings is 1. The normalized spacial score (nSPS) is 17.6. The van der Waals surface area contributed by atoms with E-state index >= 15 is 0 Å². The first-order valence-corrected chi connectivity index (χ1v) is 8.41. The van der Waals surface area contributed by atoms with Gasteiger partial charge in [-0.3, -0.25) is 4.79 Å². The van der Waals surface area contributed by atoms with Gasteiger partial charge < -0.3 is 4.90 Å². The molecule has 0 aromatic carbocycles. The molecule has 1 atom stereocenters. The summed E-state index contributed by atoms with van der Waals surface area (Å²) < 4.78 is 1.55. The molecule has 0 radical (unpaired) electrons. The molecule has 3 aromatic rings. The third-order valence-corrected chi connectivity index (χ3v) is 4.79. The van der Waals surface area contributed by atoms with Crippen molar-refractivity contribution in [2.75, 3.05) is 6.54 Å². The van der Waals surface area contributed by atoms with Gasteiger partial charge in [-0.2, -0.15) is 16.4 Å². The van der Waals surface area contributed by atoms with Gasteiger partial charge in [-0.1, -0.05) is 0 Å². The van der Waals surface area contributed by atoms with Crippen LogP contribution in [-0.4, -0.2) is 37.1 Å². The van der Waals surface area contributed by atoms with E-state index in [-0.39, 0.29) is 11.9 Å². The number of likely N-dealkylation sites (tertiary alicyclic amines) is 1. The Balaban J connectivity index is 1.63. The lowest BCUT2D eigenvalue weighted by Crippen LogP contribution is -2.30. The summed E-state index contributed by atoms with van der Waals surface area (Å²) in [7, 11) is 0. The van der Waals surface area contributed by atoms with Crippen LogP contribution >= 0.6 is 11.3 Å². The Labute approximate surface area is 137 Å². The number of hydrogen-bond donors (Lipinski definition) is 0. The molecule has 0 bridgehead atoms. The summed E-state index contributed by atoms with van der Waals surface area (Å²) in [5.74, 6) is 0.641. The summed E-state index contributed by atoms with van der Waals surface area (Å²) in [4.78, 5) is 23.1. The molecule has 1 fully saturated rings. The third kappa shape index (κ3) is 2.63. The molecule has 1 amide bonds. The van der Waals surface area contributed by atoms with Crippen molar-refractivity contribution >= 4 is 17.2 Å². The molecule has 116 valence electrons. The fourth-order valence-electron chi connectivity index (χ4n) is 2.99. The van der Waals surface area contributed by atoms with Gasteiger partial charge in [-0.25, -0.2) is 14.6 Å². The van der Waals surface area contributed by atoms with E-state index in [1.165, 1.54) is 11.9 Å². The maximum atomic E-state index is 12.9. The summed E-state index contributed by atoms with van der Waals surface area (Å²) in [5, 5.41) is 8.25. The number of pyridine rings is 1. The van der Waals surface area contributed by atoms with Crippen molar-refractivity contribution in [1.82, 2.24) is 24.6 Å². The van der Waals surface area contributed by atoms with Crippen molar-refractivity contribution in [3.63, 3.8) is 0 Å². The smallest absolute Gasteiger partial charge is 0.254 e. The highest BCUT2D eigenvalue weighted by Crippen LogP contribution is 2.34. The molecule has 0 unspecified atom stereocenters. The Morgan fingerprint density at radius 3 is 3.09 bits per heavy atom. The Hall–Kier alpha value is -2.54. The average Bonchev–Trinajstić information content (AvgIpc) is 3.35. The van der Waals surface area contributed by atoms with Crippen molar-refractivity contribution in [3.8, 4) is 5.82 Å². The van der Waals surface area contributed by atoms with Crippen LogP contribution in [-0.2, 0) is 0 Å². The van der Waals surface area contributed by atoms with Gasteiger partial charge >= 0.3 is 0 Å². The van der Waals surface area contributed by atoms with Gasteiger partial charge in [0.05, 0.1) is 6.04 Å². The number of amides is 1. The lowest BCUT2D eigenvalue weighted by Gasteiger charge is -2.24. The largest absolute Gasteiger partial charge is 0.332 e. The number of carbonyl (C=O) groups is 1. The zero-order valence-electron chi connectivity index (χ0n) is 12.4. The number of aromatic nitrogens is 4. The molecule has 1 aliphatic heterocycles. The summed E-state index contributed by atoms with van der Waals surface area (Å²) in [6.45, 7) is 0.792. The summed E-state index contributed by atoms with van der Waals surface area (Å²) in [6.07, 6.45) is 6.71. The molecule has 6 nitrogen and oxygen atoms in total. The van der Waals surface area contributed by atoms with E-state index in [2.05, 4.69) is 31.9 Å². The molecule has 23 heavy (non-hydrogen) atoms. The first-order chi connectivity index (χ1) is 11.3. The molecule has 0 spiro atoms. The molecule has 1 aliphatic rings. The third-order valence-electron chi connectivity index (χ3n) is 4.09. The second-order valence-corrected chi connectivity index (χ2v) is 6.24. The first-order valence-electron chi connectivity index (χ1n) is 7.47. The number of hydrogen-bond acceptors (Lipinski definition) is 5. The van der Waals surface area contributed by atoms with E-state index in [4.69, 9.17) is 0 Å². The van der Waals surface area contributed by atoms with Crippen molar-refractivity contribution in [3.05, 3.63) is 58.9 Å². The van der Waals surface area contributed by atoms with Crippen LogP contribution in [0.2, 0.25) is 0 Å². The Kier molecular flexibility index (Phi) is 3.63. The predicted octanol–water partition coefficient (Wildman–Crippen LogP) is 2.70. The summed E-state index contributed by atoms with van der Waals surface area (Å²) >= 11 is 1.67. The molecule has 0 aliphatic carbocycles. The minimum atomic E-state index is 0.0439. The number of rotatable bonds is 3. The highest BCUT2D eigenvalue weighted by Gasteiger charge is 2.30. The van der Waals surface area contributed by atoms with Crippen molar-refractivity contribution in [1.29, 1.82) is 0 Å². The van der Waals surface area contributed by atoms with E-state index in [1.54, 1.807) is 40.7 Å². The van der Waals surface area contributed by atoms with Crippen LogP contribution in [0.5, 0.6) is 0 Å². The van der Waals surface area contributed by atoms with E-state index < -0.39 is 0 Å². The standard InChI is InChI=1S/C16H15N5OS/c22-16(20-6-1-2-14(20)13-4-7-23-9-13)12-3-5-18-15(8-12)21-11-17-10-19-21/h3-5,7-11,14H,1-2,6H2/t14-/m0/s1. The zero-order chi connectivity index (χ0) is 15.6. The van der Waals surface area contributed by atoms with Crippen LogP contribution in [0.1, 0.15) is 34.8 Å². The summed E-state index contributed by atoms with van der Waals surface area (Å²) in [6, 6.07) is 5.80. The van der Waals surface area contributed by atoms with Gasteiger partial charge in [0, 0.05) is 18.3 Å². The molecule has 0 N–H and O–H groups in total. The highest BCUT2D eigenvalue weighted by atomic mass is 32.1. The van der Waals surface area contributed by atoms with Crippen molar-refractivity contribution in [2.45, 2.75) is 18.9 Å². The van der Waals surface area contributed by atoms with Gasteiger partial charge in [0.25, 0.3) is 5.91 Å². The van der Waals surface area contributed by atoms with Crippen LogP contribution < -0.4 is 0 Å².